The molecular weight excluding hydrogens is 498 g/mol. The monoisotopic (exact) mass is 537 g/mol. The molecule has 0 N–H and O–H groups in total. The zero-order valence-corrected chi connectivity index (χ0v) is 23.6. The van der Waals surface area contributed by atoms with Crippen LogP contribution in [0.4, 0.5) is 0 Å². The summed E-state index contributed by atoms with van der Waals surface area (Å²) in [6.07, 6.45) is 3.79. The predicted octanol–water partition coefficient (Wildman–Crippen LogP) is 6.02. The average molecular weight is 538 g/mol. The summed E-state index contributed by atoms with van der Waals surface area (Å²) in [7, 11) is 0. The molecule has 2 aromatic carbocycles. The molecule has 2 amide bonds. The van der Waals surface area contributed by atoms with Gasteiger partial charge in [0.05, 0.1) is 19.7 Å². The number of ether oxygens (including phenoxy) is 1. The second-order valence-corrected chi connectivity index (χ2v) is 10.4. The highest BCUT2D eigenvalue weighted by Gasteiger charge is 2.23. The number of nitrogens with zero attached hydrogens (tertiary/aromatic N) is 3. The summed E-state index contributed by atoms with van der Waals surface area (Å²) in [4.78, 5) is 30.1. The molecule has 3 rings (SSSR count). The molecule has 0 saturated heterocycles. The van der Waals surface area contributed by atoms with E-state index in [9.17, 15) is 9.59 Å². The summed E-state index contributed by atoms with van der Waals surface area (Å²) >= 11 is 6.39. The average Bonchev–Trinajstić information content (AvgIpc) is 3.34. The van der Waals surface area contributed by atoms with Crippen molar-refractivity contribution in [3.63, 3.8) is 0 Å². The van der Waals surface area contributed by atoms with Gasteiger partial charge in [-0.2, -0.15) is 0 Å². The van der Waals surface area contributed by atoms with Crippen molar-refractivity contribution in [2.24, 2.45) is 5.92 Å². The molecule has 0 aliphatic heterocycles. The number of amides is 2. The number of unbranched alkanes of at least 4 members (excludes halogenated alkanes) is 1. The SMILES string of the molecule is CCCCN(CC(=O)N(Cc1cccn1Cc1ccccc1Cl)CC(C)C)C(=O)COCc1ccccc1. The van der Waals surface area contributed by atoms with Crippen LogP contribution in [0.15, 0.2) is 72.9 Å². The van der Waals surface area contributed by atoms with Gasteiger partial charge in [0.1, 0.15) is 6.61 Å². The predicted molar refractivity (Wildman–Crippen MR) is 153 cm³/mol. The normalized spacial score (nSPS) is 11.1. The Balaban J connectivity index is 1.66. The van der Waals surface area contributed by atoms with E-state index in [4.69, 9.17) is 16.3 Å². The number of aromatic nitrogens is 1. The minimum Gasteiger partial charge on any atom is -0.367 e. The maximum Gasteiger partial charge on any atom is 0.249 e. The molecule has 6 nitrogen and oxygen atoms in total. The van der Waals surface area contributed by atoms with Crippen LogP contribution < -0.4 is 0 Å². The molecule has 0 atom stereocenters. The van der Waals surface area contributed by atoms with Crippen LogP contribution in [-0.2, 0) is 34.0 Å². The van der Waals surface area contributed by atoms with Crippen LogP contribution in [-0.4, -0.2) is 52.4 Å². The van der Waals surface area contributed by atoms with E-state index in [1.807, 2.05) is 77.8 Å². The number of hydrogen-bond donors (Lipinski definition) is 0. The molecule has 0 unspecified atom stereocenters. The lowest BCUT2D eigenvalue weighted by Gasteiger charge is -2.29. The fraction of sp³-hybridized carbons (Fsp3) is 0.419. The van der Waals surface area contributed by atoms with E-state index in [1.54, 1.807) is 4.90 Å². The lowest BCUT2D eigenvalue weighted by Crippen LogP contribution is -2.45. The summed E-state index contributed by atoms with van der Waals surface area (Å²) in [6, 6.07) is 21.6. The zero-order chi connectivity index (χ0) is 27.3. The molecule has 0 aliphatic carbocycles. The van der Waals surface area contributed by atoms with Crippen molar-refractivity contribution in [3.8, 4) is 0 Å². The molecule has 0 bridgehead atoms. The Morgan fingerprint density at radius 2 is 1.68 bits per heavy atom. The number of carbonyl (C=O) groups excluding carboxylic acids is 2. The van der Waals surface area contributed by atoms with Crippen molar-refractivity contribution in [2.45, 2.75) is 53.3 Å². The first-order valence-electron chi connectivity index (χ1n) is 13.4. The molecule has 1 aromatic heterocycles. The second kappa shape index (κ2) is 15.4. The number of benzene rings is 2. The maximum absolute atomic E-state index is 13.6. The summed E-state index contributed by atoms with van der Waals surface area (Å²) < 4.78 is 7.81. The van der Waals surface area contributed by atoms with Gasteiger partial charge >= 0.3 is 0 Å². The van der Waals surface area contributed by atoms with Crippen LogP contribution in [0.25, 0.3) is 0 Å². The van der Waals surface area contributed by atoms with Gasteiger partial charge in [-0.05, 0) is 41.7 Å². The van der Waals surface area contributed by atoms with Crippen molar-refractivity contribution < 1.29 is 14.3 Å². The first-order valence-corrected chi connectivity index (χ1v) is 13.8. The standard InChI is InChI=1S/C31H40ClN3O3/c1-4-5-17-34(31(37)24-38-23-26-12-7-6-8-13-26)22-30(36)35(19-25(2)3)21-28-15-11-18-33(28)20-27-14-9-10-16-29(27)32/h6-16,18,25H,4-5,17,19-24H2,1-3H3. The number of halogens is 1. The van der Waals surface area contributed by atoms with E-state index < -0.39 is 0 Å². The minimum atomic E-state index is -0.158. The Morgan fingerprint density at radius 3 is 2.39 bits per heavy atom. The molecule has 204 valence electrons. The first kappa shape index (κ1) is 29.5. The number of hydrogen-bond acceptors (Lipinski definition) is 3. The Hall–Kier alpha value is -3.09. The molecule has 0 aliphatic rings. The summed E-state index contributed by atoms with van der Waals surface area (Å²) in [5.74, 6) is 0.0750. The Labute approximate surface area is 232 Å². The van der Waals surface area contributed by atoms with Crippen LogP contribution in [0.2, 0.25) is 5.02 Å². The van der Waals surface area contributed by atoms with Gasteiger partial charge in [0.2, 0.25) is 11.8 Å². The van der Waals surface area contributed by atoms with Crippen molar-refractivity contribution in [3.05, 3.63) is 94.8 Å². The van der Waals surface area contributed by atoms with Gasteiger partial charge < -0.3 is 19.1 Å². The molecule has 38 heavy (non-hydrogen) atoms. The van der Waals surface area contributed by atoms with Crippen LogP contribution in [0.5, 0.6) is 0 Å². The lowest BCUT2D eigenvalue weighted by atomic mass is 10.2. The largest absolute Gasteiger partial charge is 0.367 e. The Bertz CT molecular complexity index is 1150. The van der Waals surface area contributed by atoms with Gasteiger partial charge in [0.25, 0.3) is 0 Å². The van der Waals surface area contributed by atoms with Gasteiger partial charge in [0, 0.05) is 36.5 Å². The van der Waals surface area contributed by atoms with Crippen LogP contribution >= 0.6 is 11.6 Å². The van der Waals surface area contributed by atoms with Crippen LogP contribution in [0.3, 0.4) is 0 Å². The van der Waals surface area contributed by atoms with Crippen molar-refractivity contribution >= 4 is 23.4 Å². The first-order chi connectivity index (χ1) is 18.4. The van der Waals surface area contributed by atoms with Gasteiger partial charge in [-0.15, -0.1) is 0 Å². The zero-order valence-electron chi connectivity index (χ0n) is 22.8. The van der Waals surface area contributed by atoms with Gasteiger partial charge in [0.15, 0.2) is 0 Å². The van der Waals surface area contributed by atoms with E-state index in [2.05, 4.69) is 25.3 Å². The molecular formula is C31H40ClN3O3. The number of carbonyl (C=O) groups is 2. The van der Waals surface area contributed by atoms with Gasteiger partial charge in [-0.25, -0.2) is 0 Å². The summed E-state index contributed by atoms with van der Waals surface area (Å²) in [5, 5.41) is 0.724. The Morgan fingerprint density at radius 1 is 0.947 bits per heavy atom. The molecule has 0 fully saturated rings. The lowest BCUT2D eigenvalue weighted by molar-refractivity contribution is -0.144. The molecule has 0 spiro atoms. The van der Waals surface area contributed by atoms with Crippen molar-refractivity contribution in [2.75, 3.05) is 26.2 Å². The molecule has 7 heteroatoms. The van der Waals surface area contributed by atoms with E-state index >= 15 is 0 Å². The smallest absolute Gasteiger partial charge is 0.249 e. The highest BCUT2D eigenvalue weighted by molar-refractivity contribution is 6.31. The molecule has 0 saturated carbocycles. The number of rotatable bonds is 15. The minimum absolute atomic E-state index is 0.0449. The topological polar surface area (TPSA) is 54.8 Å². The Kier molecular flexibility index (Phi) is 11.9. The third kappa shape index (κ3) is 9.34. The van der Waals surface area contributed by atoms with Crippen LogP contribution in [0, 0.1) is 5.92 Å². The summed E-state index contributed by atoms with van der Waals surface area (Å²) in [6.45, 7) is 8.88. The van der Waals surface area contributed by atoms with E-state index in [-0.39, 0.29) is 25.0 Å². The molecule has 0 radical (unpaired) electrons. The van der Waals surface area contributed by atoms with E-state index in [0.29, 0.717) is 38.7 Å². The fourth-order valence-corrected chi connectivity index (χ4v) is 4.47. The van der Waals surface area contributed by atoms with Gasteiger partial charge in [-0.3, -0.25) is 9.59 Å². The molecule has 3 aromatic rings. The summed E-state index contributed by atoms with van der Waals surface area (Å²) in [5.41, 5.74) is 3.07. The maximum atomic E-state index is 13.6. The van der Waals surface area contributed by atoms with E-state index in [0.717, 1.165) is 34.7 Å². The van der Waals surface area contributed by atoms with Gasteiger partial charge in [-0.1, -0.05) is 87.3 Å². The third-order valence-corrected chi connectivity index (χ3v) is 6.68. The van der Waals surface area contributed by atoms with E-state index in [1.165, 1.54) is 0 Å². The second-order valence-electron chi connectivity index (χ2n) is 10.0. The molecule has 1 heterocycles. The van der Waals surface area contributed by atoms with Crippen molar-refractivity contribution in [1.29, 1.82) is 0 Å². The van der Waals surface area contributed by atoms with Crippen LogP contribution in [0.1, 0.15) is 50.4 Å². The fourth-order valence-electron chi connectivity index (χ4n) is 4.27. The highest BCUT2D eigenvalue weighted by Crippen LogP contribution is 2.18. The quantitative estimate of drug-likeness (QED) is 0.238. The third-order valence-electron chi connectivity index (χ3n) is 6.31. The highest BCUT2D eigenvalue weighted by atomic mass is 35.5. The van der Waals surface area contributed by atoms with Crippen molar-refractivity contribution in [1.82, 2.24) is 14.4 Å².